The molecule has 128 valence electrons. The molecular weight excluding hydrogens is 318 g/mol. The fourth-order valence-corrected chi connectivity index (χ4v) is 3.57. The number of nitrogens with one attached hydrogen (secondary N) is 1. The Hall–Kier alpha value is -1.91. The summed E-state index contributed by atoms with van der Waals surface area (Å²) in [5, 5.41) is 0. The first-order chi connectivity index (χ1) is 11.5. The zero-order valence-electron chi connectivity index (χ0n) is 14.3. The van der Waals surface area contributed by atoms with Gasteiger partial charge in [0, 0.05) is 0 Å². The molecule has 24 heavy (non-hydrogen) atoms. The van der Waals surface area contributed by atoms with Gasteiger partial charge in [0.25, 0.3) is 0 Å². The van der Waals surface area contributed by atoms with Crippen LogP contribution in [0.15, 0.2) is 71.6 Å². The number of rotatable bonds is 8. The van der Waals surface area contributed by atoms with Crippen LogP contribution in [0.5, 0.6) is 0 Å². The van der Waals surface area contributed by atoms with Crippen molar-refractivity contribution < 1.29 is 8.42 Å². The average molecular weight is 343 g/mol. The molecule has 0 aliphatic rings. The van der Waals surface area contributed by atoms with Gasteiger partial charge < -0.3 is 0 Å². The van der Waals surface area contributed by atoms with Crippen LogP contribution in [-0.4, -0.2) is 8.42 Å². The van der Waals surface area contributed by atoms with Crippen molar-refractivity contribution in [3.63, 3.8) is 0 Å². The third kappa shape index (κ3) is 5.32. The van der Waals surface area contributed by atoms with Crippen LogP contribution in [0.4, 0.5) is 0 Å². The van der Waals surface area contributed by atoms with Crippen molar-refractivity contribution in [1.29, 1.82) is 0 Å². The van der Waals surface area contributed by atoms with E-state index in [4.69, 9.17) is 0 Å². The molecule has 0 spiro atoms. The molecule has 4 heteroatoms. The summed E-state index contributed by atoms with van der Waals surface area (Å²) >= 11 is 0. The van der Waals surface area contributed by atoms with Crippen LogP contribution >= 0.6 is 0 Å². The molecule has 0 saturated carbocycles. The minimum Gasteiger partial charge on any atom is -0.207 e. The maximum Gasteiger partial charge on any atom is 0.241 e. The highest BCUT2D eigenvalue weighted by molar-refractivity contribution is 7.89. The zero-order chi connectivity index (χ0) is 17.4. The molecule has 0 unspecified atom stereocenters. The van der Waals surface area contributed by atoms with Gasteiger partial charge in [-0.05, 0) is 31.0 Å². The number of aryl methyl sites for hydroxylation is 1. The molecular formula is C20H25NO2S. The van der Waals surface area contributed by atoms with Crippen LogP contribution in [0.2, 0.25) is 0 Å². The highest BCUT2D eigenvalue weighted by Gasteiger charge is 2.19. The average Bonchev–Trinajstić information content (AvgIpc) is 2.59. The Morgan fingerprint density at radius 3 is 2.33 bits per heavy atom. The van der Waals surface area contributed by atoms with Crippen molar-refractivity contribution >= 4 is 10.0 Å². The van der Waals surface area contributed by atoms with Crippen molar-refractivity contribution in [2.24, 2.45) is 0 Å². The quantitative estimate of drug-likeness (QED) is 0.555. The number of allylic oxidation sites excluding steroid dienone is 1. The lowest BCUT2D eigenvalue weighted by Crippen LogP contribution is -2.27. The van der Waals surface area contributed by atoms with E-state index in [2.05, 4.69) is 17.7 Å². The van der Waals surface area contributed by atoms with Crippen LogP contribution in [-0.2, 0) is 10.0 Å². The monoisotopic (exact) mass is 343 g/mol. The van der Waals surface area contributed by atoms with E-state index in [9.17, 15) is 8.42 Å². The molecule has 0 radical (unpaired) electrons. The fraction of sp³-hybridized carbons (Fsp3) is 0.300. The summed E-state index contributed by atoms with van der Waals surface area (Å²) in [4.78, 5) is 0.288. The van der Waals surface area contributed by atoms with Crippen molar-refractivity contribution in [2.45, 2.75) is 44.0 Å². The summed E-state index contributed by atoms with van der Waals surface area (Å²) in [6, 6.07) is 16.2. The van der Waals surface area contributed by atoms with E-state index < -0.39 is 10.0 Å². The first kappa shape index (κ1) is 18.4. The molecule has 0 saturated heterocycles. The van der Waals surface area contributed by atoms with Crippen molar-refractivity contribution in [2.75, 3.05) is 0 Å². The number of sulfonamides is 1. The highest BCUT2D eigenvalue weighted by Crippen LogP contribution is 2.19. The molecule has 0 fully saturated rings. The summed E-state index contributed by atoms with van der Waals surface area (Å²) in [6.45, 7) is 4.08. The molecule has 0 aromatic heterocycles. The zero-order valence-corrected chi connectivity index (χ0v) is 15.1. The van der Waals surface area contributed by atoms with Gasteiger partial charge in [-0.3, -0.25) is 0 Å². The fourth-order valence-electron chi connectivity index (χ4n) is 2.39. The Morgan fingerprint density at radius 2 is 1.71 bits per heavy atom. The second kappa shape index (κ2) is 8.81. The maximum atomic E-state index is 12.7. The number of unbranched alkanes of at least 4 members (excludes halogenated alkanes) is 2. The predicted molar refractivity (Wildman–Crippen MR) is 99.3 cm³/mol. The Bertz CT molecular complexity index is 750. The van der Waals surface area contributed by atoms with Gasteiger partial charge in [-0.2, -0.15) is 4.72 Å². The molecule has 3 nitrogen and oxygen atoms in total. The van der Waals surface area contributed by atoms with E-state index in [1.54, 1.807) is 12.1 Å². The van der Waals surface area contributed by atoms with Crippen molar-refractivity contribution in [3.8, 4) is 0 Å². The van der Waals surface area contributed by atoms with Gasteiger partial charge in [0.2, 0.25) is 10.0 Å². The third-order valence-electron chi connectivity index (χ3n) is 3.82. The van der Waals surface area contributed by atoms with Crippen molar-refractivity contribution in [1.82, 2.24) is 4.72 Å². The minimum atomic E-state index is -3.57. The number of hydrogen-bond donors (Lipinski definition) is 1. The minimum absolute atomic E-state index is 0.288. The van der Waals surface area contributed by atoms with E-state index in [1.165, 1.54) is 0 Å². The predicted octanol–water partition coefficient (Wildman–Crippen LogP) is 4.76. The first-order valence-electron chi connectivity index (χ1n) is 8.33. The summed E-state index contributed by atoms with van der Waals surface area (Å²) in [7, 11) is -3.57. The standard InChI is InChI=1S/C20H25NO2S/c1-3-4-5-9-12-20(18-10-7-6-8-11-18)21-24(22,23)19-15-13-17(2)14-16-19/h6-16,20-21H,3-5H2,1-2H3/t20-/m0/s1. The maximum absolute atomic E-state index is 12.7. The SMILES string of the molecule is CCCCC=C[C@H](NS(=O)(=O)c1ccc(C)cc1)c1ccccc1. The Kier molecular flexibility index (Phi) is 6.76. The molecule has 2 aromatic rings. The van der Waals surface area contributed by atoms with Gasteiger partial charge in [-0.15, -0.1) is 0 Å². The van der Waals surface area contributed by atoms with Gasteiger partial charge in [-0.1, -0.05) is 79.9 Å². The lowest BCUT2D eigenvalue weighted by Gasteiger charge is -2.16. The smallest absolute Gasteiger partial charge is 0.207 e. The molecule has 0 amide bonds. The number of hydrogen-bond acceptors (Lipinski definition) is 2. The normalized spacial score (nSPS) is 13.2. The molecule has 0 aliphatic carbocycles. The molecule has 2 rings (SSSR count). The van der Waals surface area contributed by atoms with E-state index in [1.807, 2.05) is 55.5 Å². The molecule has 0 bridgehead atoms. The molecule has 0 heterocycles. The number of benzene rings is 2. The molecule has 2 aromatic carbocycles. The second-order valence-electron chi connectivity index (χ2n) is 5.89. The Balaban J connectivity index is 2.23. The summed E-state index contributed by atoms with van der Waals surface area (Å²) in [6.07, 6.45) is 7.17. The highest BCUT2D eigenvalue weighted by atomic mass is 32.2. The summed E-state index contributed by atoms with van der Waals surface area (Å²) in [5.74, 6) is 0. The first-order valence-corrected chi connectivity index (χ1v) is 9.82. The third-order valence-corrected chi connectivity index (χ3v) is 5.28. The van der Waals surface area contributed by atoms with Gasteiger partial charge in [0.05, 0.1) is 10.9 Å². The largest absolute Gasteiger partial charge is 0.241 e. The van der Waals surface area contributed by atoms with Gasteiger partial charge in [0.15, 0.2) is 0 Å². The molecule has 0 aliphatic heterocycles. The summed E-state index contributed by atoms with van der Waals surface area (Å²) < 4.78 is 28.1. The van der Waals surface area contributed by atoms with Gasteiger partial charge >= 0.3 is 0 Å². The Labute approximate surface area is 145 Å². The Morgan fingerprint density at radius 1 is 1.04 bits per heavy atom. The van der Waals surface area contributed by atoms with Crippen LogP contribution in [0, 0.1) is 6.92 Å². The van der Waals surface area contributed by atoms with Crippen LogP contribution < -0.4 is 4.72 Å². The van der Waals surface area contributed by atoms with Crippen LogP contribution in [0.1, 0.15) is 43.4 Å². The van der Waals surface area contributed by atoms with E-state index in [0.29, 0.717) is 0 Å². The molecule has 1 N–H and O–H groups in total. The van der Waals surface area contributed by atoms with E-state index >= 15 is 0 Å². The van der Waals surface area contributed by atoms with Crippen molar-refractivity contribution in [3.05, 3.63) is 77.9 Å². The lowest BCUT2D eigenvalue weighted by molar-refractivity contribution is 0.574. The van der Waals surface area contributed by atoms with Crippen LogP contribution in [0.25, 0.3) is 0 Å². The summed E-state index contributed by atoms with van der Waals surface area (Å²) in [5.41, 5.74) is 1.97. The second-order valence-corrected chi connectivity index (χ2v) is 7.61. The van der Waals surface area contributed by atoms with Gasteiger partial charge in [0.1, 0.15) is 0 Å². The van der Waals surface area contributed by atoms with Crippen LogP contribution in [0.3, 0.4) is 0 Å². The lowest BCUT2D eigenvalue weighted by atomic mass is 10.1. The van der Waals surface area contributed by atoms with Gasteiger partial charge in [-0.25, -0.2) is 8.42 Å². The topological polar surface area (TPSA) is 46.2 Å². The van der Waals surface area contributed by atoms with E-state index in [0.717, 1.165) is 30.4 Å². The molecule has 1 atom stereocenters. The van der Waals surface area contributed by atoms with E-state index in [-0.39, 0.29) is 10.9 Å².